The molecule has 1 atom stereocenters. The highest BCUT2D eigenvalue weighted by molar-refractivity contribution is 5.68. The molecule has 74 valence electrons. The lowest BCUT2D eigenvalue weighted by Crippen LogP contribution is -2.38. The zero-order valence-electron chi connectivity index (χ0n) is 8.55. The smallest absolute Gasteiger partial charge is 0.408 e. The van der Waals surface area contributed by atoms with E-state index in [4.69, 9.17) is 10.00 Å². The molecule has 0 aliphatic rings. The minimum Gasteiger partial charge on any atom is -0.444 e. The third-order valence-corrected chi connectivity index (χ3v) is 1.26. The van der Waals surface area contributed by atoms with Gasteiger partial charge in [0.1, 0.15) is 11.6 Å². The normalized spacial score (nSPS) is 12.8. The van der Waals surface area contributed by atoms with Gasteiger partial charge in [-0.3, -0.25) is 0 Å². The fourth-order valence-corrected chi connectivity index (χ4v) is 0.675. The van der Waals surface area contributed by atoms with Crippen LogP contribution in [-0.4, -0.2) is 17.7 Å². The molecule has 0 rings (SSSR count). The fraction of sp³-hybridized carbons (Fsp3) is 0.778. The number of nitriles is 1. The zero-order chi connectivity index (χ0) is 10.5. The number of hydrogen-bond acceptors (Lipinski definition) is 3. The largest absolute Gasteiger partial charge is 0.444 e. The van der Waals surface area contributed by atoms with Crippen LogP contribution in [0.2, 0.25) is 0 Å². The SMILES string of the molecule is CC[C@H](C#N)NC(=O)OC(C)(C)C. The quantitative estimate of drug-likeness (QED) is 0.712. The molecule has 0 aromatic heterocycles. The molecule has 1 N–H and O–H groups in total. The second-order valence-corrected chi connectivity index (χ2v) is 3.74. The maximum absolute atomic E-state index is 11.1. The summed E-state index contributed by atoms with van der Waals surface area (Å²) in [5.41, 5.74) is -0.516. The van der Waals surface area contributed by atoms with Gasteiger partial charge in [0.15, 0.2) is 0 Å². The van der Waals surface area contributed by atoms with Crippen LogP contribution in [0.3, 0.4) is 0 Å². The number of ether oxygens (including phenoxy) is 1. The first-order chi connectivity index (χ1) is 5.89. The number of rotatable bonds is 2. The van der Waals surface area contributed by atoms with Crippen LogP contribution in [0.5, 0.6) is 0 Å². The maximum Gasteiger partial charge on any atom is 0.408 e. The summed E-state index contributed by atoms with van der Waals surface area (Å²) in [5, 5.41) is 11.0. The van der Waals surface area contributed by atoms with Crippen molar-refractivity contribution in [2.24, 2.45) is 0 Å². The lowest BCUT2D eigenvalue weighted by atomic mass is 10.2. The van der Waals surface area contributed by atoms with Crippen molar-refractivity contribution in [1.29, 1.82) is 5.26 Å². The molecular weight excluding hydrogens is 168 g/mol. The molecule has 4 nitrogen and oxygen atoms in total. The standard InChI is InChI=1S/C9H16N2O2/c1-5-7(6-10)11-8(12)13-9(2,3)4/h7H,5H2,1-4H3,(H,11,12)/t7-/m1/s1. The first-order valence-corrected chi connectivity index (χ1v) is 4.28. The highest BCUT2D eigenvalue weighted by Gasteiger charge is 2.18. The van der Waals surface area contributed by atoms with Crippen LogP contribution in [0.15, 0.2) is 0 Å². The molecule has 0 aromatic rings. The van der Waals surface area contributed by atoms with Crippen molar-refractivity contribution >= 4 is 6.09 Å². The number of nitrogens with zero attached hydrogens (tertiary/aromatic N) is 1. The van der Waals surface area contributed by atoms with E-state index in [0.717, 1.165) is 0 Å². The van der Waals surface area contributed by atoms with Crippen molar-refractivity contribution in [3.8, 4) is 6.07 Å². The van der Waals surface area contributed by atoms with E-state index < -0.39 is 17.7 Å². The minimum atomic E-state index is -0.541. The third kappa shape index (κ3) is 5.97. The third-order valence-electron chi connectivity index (χ3n) is 1.26. The van der Waals surface area contributed by atoms with E-state index in [0.29, 0.717) is 6.42 Å². The molecule has 0 radical (unpaired) electrons. The number of carbonyl (C=O) groups is 1. The van der Waals surface area contributed by atoms with Crippen LogP contribution in [0, 0.1) is 11.3 Å². The van der Waals surface area contributed by atoms with Gasteiger partial charge >= 0.3 is 6.09 Å². The lowest BCUT2D eigenvalue weighted by molar-refractivity contribution is 0.0515. The molecule has 13 heavy (non-hydrogen) atoms. The Morgan fingerprint density at radius 2 is 2.15 bits per heavy atom. The number of amides is 1. The summed E-state index contributed by atoms with van der Waals surface area (Å²) in [6.45, 7) is 7.16. The average molecular weight is 184 g/mol. The first-order valence-electron chi connectivity index (χ1n) is 4.28. The molecule has 0 aromatic carbocycles. The van der Waals surface area contributed by atoms with Crippen LogP contribution >= 0.6 is 0 Å². The molecule has 4 heteroatoms. The molecule has 0 fully saturated rings. The Balaban J connectivity index is 3.96. The van der Waals surface area contributed by atoms with Crippen molar-refractivity contribution in [2.45, 2.75) is 45.8 Å². The molecular formula is C9H16N2O2. The molecule has 0 saturated heterocycles. The Bertz CT molecular complexity index is 213. The van der Waals surface area contributed by atoms with Crippen molar-refractivity contribution < 1.29 is 9.53 Å². The Morgan fingerprint density at radius 1 is 1.62 bits per heavy atom. The molecule has 0 unspecified atom stereocenters. The molecule has 0 aliphatic heterocycles. The first kappa shape index (κ1) is 11.8. The summed E-state index contributed by atoms with van der Waals surface area (Å²) >= 11 is 0. The highest BCUT2D eigenvalue weighted by Crippen LogP contribution is 2.06. The van der Waals surface area contributed by atoms with E-state index in [-0.39, 0.29) is 0 Å². The van der Waals surface area contributed by atoms with Crippen molar-refractivity contribution in [1.82, 2.24) is 5.32 Å². The summed E-state index contributed by atoms with van der Waals surface area (Å²) in [6, 6.07) is 1.49. The van der Waals surface area contributed by atoms with E-state index >= 15 is 0 Å². The molecule has 0 bridgehead atoms. The van der Waals surface area contributed by atoms with Gasteiger partial charge in [0.2, 0.25) is 0 Å². The average Bonchev–Trinajstić information content (AvgIpc) is 1.96. The predicted octanol–water partition coefficient (Wildman–Crippen LogP) is 1.81. The molecule has 0 aliphatic carbocycles. The minimum absolute atomic E-state index is 0.463. The summed E-state index contributed by atoms with van der Waals surface area (Å²) in [4.78, 5) is 11.1. The van der Waals surface area contributed by atoms with Gasteiger partial charge in [0.05, 0.1) is 6.07 Å². The van der Waals surface area contributed by atoms with E-state index in [1.807, 2.05) is 13.0 Å². The summed E-state index contributed by atoms with van der Waals surface area (Å²) in [6.07, 6.45) is 0.0383. The van der Waals surface area contributed by atoms with E-state index in [1.165, 1.54) is 0 Å². The Kier molecular flexibility index (Phi) is 4.26. The van der Waals surface area contributed by atoms with E-state index in [9.17, 15) is 4.79 Å². The van der Waals surface area contributed by atoms with Crippen LogP contribution < -0.4 is 5.32 Å². The monoisotopic (exact) mass is 184 g/mol. The summed E-state index contributed by atoms with van der Waals surface area (Å²) < 4.78 is 4.97. The number of nitrogens with one attached hydrogen (secondary N) is 1. The highest BCUT2D eigenvalue weighted by atomic mass is 16.6. The Morgan fingerprint density at radius 3 is 2.46 bits per heavy atom. The van der Waals surface area contributed by atoms with E-state index in [2.05, 4.69) is 5.32 Å². The topological polar surface area (TPSA) is 62.1 Å². The van der Waals surface area contributed by atoms with Gasteiger partial charge in [-0.2, -0.15) is 5.26 Å². The van der Waals surface area contributed by atoms with Crippen LogP contribution in [0.4, 0.5) is 4.79 Å². The molecule has 0 heterocycles. The molecule has 0 spiro atoms. The zero-order valence-corrected chi connectivity index (χ0v) is 8.55. The number of alkyl carbamates (subject to hydrolysis) is 1. The Hall–Kier alpha value is -1.24. The van der Waals surface area contributed by atoms with Crippen LogP contribution in [-0.2, 0) is 4.74 Å². The second-order valence-electron chi connectivity index (χ2n) is 3.74. The summed E-state index contributed by atoms with van der Waals surface area (Å²) in [5.74, 6) is 0. The molecule has 0 saturated carbocycles. The molecule has 1 amide bonds. The van der Waals surface area contributed by atoms with Gasteiger partial charge in [0, 0.05) is 0 Å². The second kappa shape index (κ2) is 4.70. The van der Waals surface area contributed by atoms with Crippen molar-refractivity contribution in [2.75, 3.05) is 0 Å². The van der Waals surface area contributed by atoms with Gasteiger partial charge < -0.3 is 10.1 Å². The van der Waals surface area contributed by atoms with Crippen LogP contribution in [0.25, 0.3) is 0 Å². The maximum atomic E-state index is 11.1. The van der Waals surface area contributed by atoms with Crippen molar-refractivity contribution in [3.63, 3.8) is 0 Å². The number of carbonyl (C=O) groups excluding carboxylic acids is 1. The van der Waals surface area contributed by atoms with Gasteiger partial charge in [-0.15, -0.1) is 0 Å². The van der Waals surface area contributed by atoms with Gasteiger partial charge in [-0.25, -0.2) is 4.79 Å². The van der Waals surface area contributed by atoms with Gasteiger partial charge in [0.25, 0.3) is 0 Å². The van der Waals surface area contributed by atoms with Gasteiger partial charge in [-0.1, -0.05) is 6.92 Å². The lowest BCUT2D eigenvalue weighted by Gasteiger charge is -2.20. The van der Waals surface area contributed by atoms with Gasteiger partial charge in [-0.05, 0) is 27.2 Å². The number of hydrogen-bond donors (Lipinski definition) is 1. The summed E-state index contributed by atoms with van der Waals surface area (Å²) in [7, 11) is 0. The van der Waals surface area contributed by atoms with E-state index in [1.54, 1.807) is 20.8 Å². The predicted molar refractivity (Wildman–Crippen MR) is 49.1 cm³/mol. The Labute approximate surface area is 78.9 Å². The van der Waals surface area contributed by atoms with Crippen molar-refractivity contribution in [3.05, 3.63) is 0 Å². The fourth-order valence-electron chi connectivity index (χ4n) is 0.675. The van der Waals surface area contributed by atoms with Crippen LogP contribution in [0.1, 0.15) is 34.1 Å².